The summed E-state index contributed by atoms with van der Waals surface area (Å²) < 4.78 is 17.4. The van der Waals surface area contributed by atoms with Gasteiger partial charge in [-0.25, -0.2) is 14.6 Å². The normalized spacial score (nSPS) is 19.4. The van der Waals surface area contributed by atoms with Crippen molar-refractivity contribution in [2.75, 3.05) is 33.4 Å². The predicted octanol–water partition coefficient (Wildman–Crippen LogP) is 1.27. The summed E-state index contributed by atoms with van der Waals surface area (Å²) in [6.45, 7) is 4.65. The number of nitrogens with zero attached hydrogens (tertiary/aromatic N) is 5. The summed E-state index contributed by atoms with van der Waals surface area (Å²) in [7, 11) is 3.32. The van der Waals surface area contributed by atoms with Gasteiger partial charge in [0.1, 0.15) is 17.9 Å². The van der Waals surface area contributed by atoms with Crippen molar-refractivity contribution in [2.45, 2.75) is 38.8 Å². The third-order valence-electron chi connectivity index (χ3n) is 6.03. The van der Waals surface area contributed by atoms with Gasteiger partial charge in [0, 0.05) is 32.4 Å². The first-order chi connectivity index (χ1) is 15.4. The zero-order valence-electron chi connectivity index (χ0n) is 18.7. The van der Waals surface area contributed by atoms with Gasteiger partial charge in [-0.1, -0.05) is 0 Å². The minimum Gasteiger partial charge on any atom is -0.495 e. The third-order valence-corrected chi connectivity index (χ3v) is 6.03. The molecule has 11 heteroatoms. The van der Waals surface area contributed by atoms with E-state index in [4.69, 9.17) is 14.2 Å². The number of carbonyl (C=O) groups is 3. The Morgan fingerprint density at radius 3 is 2.66 bits per heavy atom. The highest BCUT2D eigenvalue weighted by Crippen LogP contribution is 2.32. The molecular formula is C21H27N5O6. The zero-order valence-corrected chi connectivity index (χ0v) is 18.7. The second-order valence-electron chi connectivity index (χ2n) is 7.89. The highest BCUT2D eigenvalue weighted by Gasteiger charge is 2.44. The van der Waals surface area contributed by atoms with Gasteiger partial charge in [-0.2, -0.15) is 5.10 Å². The summed E-state index contributed by atoms with van der Waals surface area (Å²) in [6.07, 6.45) is 2.06. The minimum atomic E-state index is -0.741. The average Bonchev–Trinajstić information content (AvgIpc) is 3.32. The number of carbonyl (C=O) groups excluding carboxylic acids is 3. The number of fused-ring (bicyclic) bond motifs is 1. The van der Waals surface area contributed by atoms with Gasteiger partial charge in [-0.3, -0.25) is 14.4 Å². The van der Waals surface area contributed by atoms with E-state index in [0.717, 1.165) is 5.69 Å². The third kappa shape index (κ3) is 3.61. The number of cyclic esters (lactones) is 1. The van der Waals surface area contributed by atoms with Crippen LogP contribution in [0.2, 0.25) is 0 Å². The van der Waals surface area contributed by atoms with Crippen LogP contribution in [-0.4, -0.2) is 88.0 Å². The van der Waals surface area contributed by atoms with Gasteiger partial charge >= 0.3 is 12.1 Å². The van der Waals surface area contributed by atoms with E-state index in [2.05, 4.69) is 10.1 Å². The van der Waals surface area contributed by atoms with Crippen LogP contribution in [0.25, 0.3) is 11.0 Å². The summed E-state index contributed by atoms with van der Waals surface area (Å²) >= 11 is 0. The highest BCUT2D eigenvalue weighted by molar-refractivity contribution is 6.02. The SMILES string of the molecule is CCOC(=O)C1COC(=O)N1C1CCN(C(=O)c2cnc3c(c(C)nn3C)c2OC)CC1. The maximum Gasteiger partial charge on any atom is 0.410 e. The first-order valence-corrected chi connectivity index (χ1v) is 10.6. The lowest BCUT2D eigenvalue weighted by molar-refractivity contribution is -0.148. The molecule has 1 atom stereocenters. The fourth-order valence-electron chi connectivity index (χ4n) is 4.52. The molecule has 4 rings (SSSR count). The highest BCUT2D eigenvalue weighted by atomic mass is 16.6. The fraction of sp³-hybridized carbons (Fsp3) is 0.571. The first kappa shape index (κ1) is 21.8. The molecule has 2 aromatic rings. The monoisotopic (exact) mass is 445 g/mol. The van der Waals surface area contributed by atoms with Crippen LogP contribution in [0.1, 0.15) is 35.8 Å². The summed E-state index contributed by atoms with van der Waals surface area (Å²) in [5, 5.41) is 5.09. The van der Waals surface area contributed by atoms with Crippen molar-refractivity contribution in [1.29, 1.82) is 0 Å². The van der Waals surface area contributed by atoms with Gasteiger partial charge in [0.2, 0.25) is 0 Å². The Morgan fingerprint density at radius 2 is 2.00 bits per heavy atom. The Balaban J connectivity index is 1.50. The van der Waals surface area contributed by atoms with E-state index >= 15 is 0 Å². The van der Waals surface area contributed by atoms with Crippen molar-refractivity contribution in [1.82, 2.24) is 24.6 Å². The number of aromatic nitrogens is 3. The smallest absolute Gasteiger partial charge is 0.410 e. The molecule has 1 unspecified atom stereocenters. The lowest BCUT2D eigenvalue weighted by Crippen LogP contribution is -2.52. The molecule has 4 heterocycles. The molecule has 0 spiro atoms. The maximum absolute atomic E-state index is 13.3. The molecule has 2 aliphatic rings. The molecule has 2 aliphatic heterocycles. The Bertz CT molecular complexity index is 1060. The number of esters is 1. The Kier molecular flexibility index (Phi) is 5.90. The van der Waals surface area contributed by atoms with Crippen LogP contribution in [-0.2, 0) is 21.3 Å². The summed E-state index contributed by atoms with van der Waals surface area (Å²) in [5.41, 5.74) is 1.75. The molecule has 0 bridgehead atoms. The van der Waals surface area contributed by atoms with E-state index in [1.165, 1.54) is 18.2 Å². The standard InChI is InChI=1S/C21H27N5O6/c1-5-31-20(28)15-11-32-21(29)26(15)13-6-8-25(9-7-13)19(27)14-10-22-18-16(17(14)30-4)12(2)23-24(18)3/h10,13,15H,5-9,11H2,1-4H3. The number of hydrogen-bond donors (Lipinski definition) is 0. The van der Waals surface area contributed by atoms with E-state index in [9.17, 15) is 14.4 Å². The molecule has 0 aliphatic carbocycles. The van der Waals surface area contributed by atoms with Crippen LogP contribution in [0.4, 0.5) is 4.79 Å². The van der Waals surface area contributed by atoms with Crippen molar-refractivity contribution >= 4 is 29.0 Å². The lowest BCUT2D eigenvalue weighted by Gasteiger charge is -2.37. The van der Waals surface area contributed by atoms with Crippen molar-refractivity contribution in [3.05, 3.63) is 17.5 Å². The van der Waals surface area contributed by atoms with Crippen LogP contribution in [0, 0.1) is 6.92 Å². The van der Waals surface area contributed by atoms with Crippen LogP contribution in [0.5, 0.6) is 5.75 Å². The quantitative estimate of drug-likeness (QED) is 0.632. The number of piperidine rings is 1. The van der Waals surface area contributed by atoms with Crippen molar-refractivity contribution < 1.29 is 28.6 Å². The largest absolute Gasteiger partial charge is 0.495 e. The Hall–Kier alpha value is -3.37. The van der Waals surface area contributed by atoms with Crippen LogP contribution < -0.4 is 4.74 Å². The molecule has 0 N–H and O–H groups in total. The van der Waals surface area contributed by atoms with E-state index in [1.807, 2.05) is 6.92 Å². The fourth-order valence-corrected chi connectivity index (χ4v) is 4.52. The number of pyridine rings is 1. The van der Waals surface area contributed by atoms with Crippen LogP contribution in [0.3, 0.4) is 0 Å². The van der Waals surface area contributed by atoms with Crippen LogP contribution >= 0.6 is 0 Å². The molecule has 2 amide bonds. The van der Waals surface area contributed by atoms with Crippen molar-refractivity contribution in [2.24, 2.45) is 7.05 Å². The molecule has 2 fully saturated rings. The summed E-state index contributed by atoms with van der Waals surface area (Å²) in [5.74, 6) is -0.199. The number of aryl methyl sites for hydroxylation is 2. The number of hydrogen-bond acceptors (Lipinski definition) is 8. The predicted molar refractivity (Wildman–Crippen MR) is 112 cm³/mol. The second kappa shape index (κ2) is 8.64. The Labute approximate surface area is 185 Å². The van der Waals surface area contributed by atoms with Gasteiger partial charge in [0.15, 0.2) is 11.7 Å². The van der Waals surface area contributed by atoms with E-state index in [1.54, 1.807) is 23.6 Å². The van der Waals surface area contributed by atoms with Gasteiger partial charge in [-0.15, -0.1) is 0 Å². The van der Waals surface area contributed by atoms with E-state index in [0.29, 0.717) is 48.3 Å². The van der Waals surface area contributed by atoms with Gasteiger partial charge in [-0.05, 0) is 26.7 Å². The summed E-state index contributed by atoms with van der Waals surface area (Å²) in [6, 6.07) is -0.943. The Morgan fingerprint density at radius 1 is 1.28 bits per heavy atom. The number of rotatable bonds is 5. The molecule has 0 saturated carbocycles. The first-order valence-electron chi connectivity index (χ1n) is 10.6. The zero-order chi connectivity index (χ0) is 23.0. The van der Waals surface area contributed by atoms with Gasteiger partial charge in [0.25, 0.3) is 5.91 Å². The molecule has 11 nitrogen and oxygen atoms in total. The minimum absolute atomic E-state index is 0.00977. The second-order valence-corrected chi connectivity index (χ2v) is 7.89. The topological polar surface area (TPSA) is 116 Å². The molecule has 32 heavy (non-hydrogen) atoms. The number of likely N-dealkylation sites (tertiary alicyclic amines) is 1. The van der Waals surface area contributed by atoms with Crippen molar-refractivity contribution in [3.8, 4) is 5.75 Å². The maximum atomic E-state index is 13.3. The molecule has 2 aromatic heterocycles. The number of methoxy groups -OCH3 is 1. The molecule has 172 valence electrons. The number of amides is 2. The average molecular weight is 445 g/mol. The van der Waals surface area contributed by atoms with Gasteiger partial charge < -0.3 is 19.1 Å². The lowest BCUT2D eigenvalue weighted by atomic mass is 10.0. The summed E-state index contributed by atoms with van der Waals surface area (Å²) in [4.78, 5) is 45.4. The van der Waals surface area contributed by atoms with E-state index in [-0.39, 0.29) is 25.2 Å². The molecule has 2 saturated heterocycles. The van der Waals surface area contributed by atoms with E-state index < -0.39 is 18.1 Å². The van der Waals surface area contributed by atoms with Crippen molar-refractivity contribution in [3.63, 3.8) is 0 Å². The molecule has 0 aromatic carbocycles. The molecule has 0 radical (unpaired) electrons. The number of ether oxygens (including phenoxy) is 3. The molecular weight excluding hydrogens is 418 g/mol. The van der Waals surface area contributed by atoms with Crippen LogP contribution in [0.15, 0.2) is 6.20 Å². The van der Waals surface area contributed by atoms with Gasteiger partial charge in [0.05, 0.1) is 24.8 Å².